The highest BCUT2D eigenvalue weighted by Crippen LogP contribution is 2.74. The fourth-order valence-corrected chi connectivity index (χ4v) is 7.71. The molecular weight excluding hydrogens is 414 g/mol. The fraction of sp³-hybridized carbons (Fsp3) is 0.500. The van der Waals surface area contributed by atoms with Gasteiger partial charge in [0, 0.05) is 27.9 Å². The van der Waals surface area contributed by atoms with Crippen LogP contribution in [0, 0.1) is 19.8 Å². The highest BCUT2D eigenvalue weighted by atomic mass is 32.1. The number of hydrogen-bond donors (Lipinski definition) is 1. The zero-order valence-electron chi connectivity index (χ0n) is 18.2. The number of aromatic nitrogens is 4. The van der Waals surface area contributed by atoms with E-state index in [1.807, 2.05) is 13.1 Å². The summed E-state index contributed by atoms with van der Waals surface area (Å²) < 4.78 is 31.8. The molecule has 7 heteroatoms. The van der Waals surface area contributed by atoms with Crippen LogP contribution in [0.1, 0.15) is 67.0 Å². The van der Waals surface area contributed by atoms with E-state index in [4.69, 9.17) is 0 Å². The first-order valence-corrected chi connectivity index (χ1v) is 11.9. The van der Waals surface area contributed by atoms with E-state index < -0.39 is 17.3 Å². The maximum Gasteiger partial charge on any atom is 0.262 e. The summed E-state index contributed by atoms with van der Waals surface area (Å²) in [5.74, 6) is -2.78. The first kappa shape index (κ1) is 19.4. The Balaban J connectivity index is 1.56. The van der Waals surface area contributed by atoms with Gasteiger partial charge in [0.25, 0.3) is 5.92 Å². The highest BCUT2D eigenvalue weighted by Gasteiger charge is 2.81. The average molecular weight is 441 g/mol. The molecule has 4 heterocycles. The van der Waals surface area contributed by atoms with Crippen LogP contribution in [-0.4, -0.2) is 25.5 Å². The van der Waals surface area contributed by atoms with Gasteiger partial charge >= 0.3 is 0 Å². The van der Waals surface area contributed by atoms with Gasteiger partial charge in [0.05, 0.1) is 11.1 Å². The number of nitrogens with one attached hydrogen (secondary N) is 1. The van der Waals surface area contributed by atoms with Crippen molar-refractivity contribution in [2.45, 2.75) is 70.6 Å². The van der Waals surface area contributed by atoms with E-state index in [0.717, 1.165) is 56.0 Å². The zero-order chi connectivity index (χ0) is 21.7. The zero-order valence-corrected chi connectivity index (χ0v) is 19.0. The first-order valence-electron chi connectivity index (χ1n) is 11.1. The molecule has 0 bridgehead atoms. The van der Waals surface area contributed by atoms with Crippen LogP contribution in [0.15, 0.2) is 18.6 Å². The minimum Gasteiger partial charge on any atom is -0.346 e. The number of hydrogen-bond acceptors (Lipinski definition) is 3. The Kier molecular flexibility index (Phi) is 3.85. The maximum absolute atomic E-state index is 15.0. The third-order valence-electron chi connectivity index (χ3n) is 7.61. The lowest BCUT2D eigenvalue weighted by molar-refractivity contribution is 0.0770. The molecule has 2 aliphatic rings. The standard InChI is InChI=1S/C24H26F2N4S/c1-12(2)17-18-14(4)20(23-8-6-5-7-16(23)24(23,25)26)31-22(18)29-19(17)15-9-13(3)21-27-11-28-30(21)10-15/h9-12,16,29H,5-8H2,1-4H3. The van der Waals surface area contributed by atoms with Crippen LogP contribution in [0.5, 0.6) is 0 Å². The summed E-state index contributed by atoms with van der Waals surface area (Å²) in [6.45, 7) is 8.45. The van der Waals surface area contributed by atoms with Crippen LogP contribution in [0.4, 0.5) is 8.78 Å². The van der Waals surface area contributed by atoms with E-state index in [0.29, 0.717) is 12.8 Å². The van der Waals surface area contributed by atoms with Gasteiger partial charge in [0.15, 0.2) is 5.65 Å². The molecule has 0 aliphatic heterocycles. The monoisotopic (exact) mass is 440 g/mol. The van der Waals surface area contributed by atoms with Crippen molar-refractivity contribution in [1.29, 1.82) is 0 Å². The lowest BCUT2D eigenvalue weighted by atomic mass is 9.84. The number of thiophene rings is 1. The number of fused-ring (bicyclic) bond motifs is 3. The molecule has 2 fully saturated rings. The number of rotatable bonds is 3. The Morgan fingerprint density at radius 1 is 1.26 bits per heavy atom. The Morgan fingerprint density at radius 3 is 2.81 bits per heavy atom. The molecule has 4 nitrogen and oxygen atoms in total. The third-order valence-corrected chi connectivity index (χ3v) is 9.00. The molecular formula is C24H26F2N4S. The largest absolute Gasteiger partial charge is 0.346 e. The minimum absolute atomic E-state index is 0.260. The topological polar surface area (TPSA) is 46.0 Å². The van der Waals surface area contributed by atoms with Crippen molar-refractivity contribution in [3.8, 4) is 11.3 Å². The molecule has 2 aliphatic carbocycles. The van der Waals surface area contributed by atoms with Gasteiger partial charge in [-0.05, 0) is 55.4 Å². The highest BCUT2D eigenvalue weighted by molar-refractivity contribution is 7.19. The summed E-state index contributed by atoms with van der Waals surface area (Å²) in [4.78, 5) is 9.87. The Bertz CT molecular complexity index is 1340. The molecule has 4 aromatic rings. The van der Waals surface area contributed by atoms with Crippen LogP contribution >= 0.6 is 11.3 Å². The van der Waals surface area contributed by atoms with Crippen molar-refractivity contribution in [2.24, 2.45) is 5.92 Å². The van der Waals surface area contributed by atoms with Crippen LogP contribution in [0.2, 0.25) is 0 Å². The van der Waals surface area contributed by atoms with Gasteiger partial charge in [0.2, 0.25) is 0 Å². The predicted molar refractivity (Wildman–Crippen MR) is 120 cm³/mol. The van der Waals surface area contributed by atoms with Crippen molar-refractivity contribution in [2.75, 3.05) is 0 Å². The number of halogens is 2. The summed E-state index contributed by atoms with van der Waals surface area (Å²) in [7, 11) is 0. The van der Waals surface area contributed by atoms with Gasteiger partial charge in [-0.2, -0.15) is 5.10 Å². The van der Waals surface area contributed by atoms with E-state index in [2.05, 4.69) is 41.9 Å². The Labute approximate surface area is 183 Å². The minimum atomic E-state index is -2.56. The molecule has 0 amide bonds. The van der Waals surface area contributed by atoms with Crippen molar-refractivity contribution < 1.29 is 8.78 Å². The first-order chi connectivity index (χ1) is 14.8. The summed E-state index contributed by atoms with van der Waals surface area (Å²) in [6.07, 6.45) is 6.65. The molecule has 0 spiro atoms. The normalized spacial score (nSPS) is 24.9. The lowest BCUT2D eigenvalue weighted by Crippen LogP contribution is -2.18. The quantitative estimate of drug-likeness (QED) is 0.383. The van der Waals surface area contributed by atoms with E-state index in [9.17, 15) is 0 Å². The molecule has 0 saturated heterocycles. The van der Waals surface area contributed by atoms with Crippen LogP contribution in [-0.2, 0) is 5.41 Å². The molecule has 31 heavy (non-hydrogen) atoms. The summed E-state index contributed by atoms with van der Waals surface area (Å²) in [5, 5.41) is 5.46. The SMILES string of the molecule is Cc1c(C23CCCCC2C3(F)F)sc2[nH]c(-c3cc(C)c4ncnn4c3)c(C(C)C)c12. The smallest absolute Gasteiger partial charge is 0.262 e. The fourth-order valence-electron chi connectivity index (χ4n) is 6.17. The second-order valence-corrected chi connectivity index (χ2v) is 10.7. The summed E-state index contributed by atoms with van der Waals surface area (Å²) in [6, 6.07) is 2.13. The van der Waals surface area contributed by atoms with Crippen molar-refractivity contribution >= 4 is 27.2 Å². The lowest BCUT2D eigenvalue weighted by Gasteiger charge is -2.20. The number of pyridine rings is 1. The maximum atomic E-state index is 15.0. The number of aromatic amines is 1. The van der Waals surface area contributed by atoms with Crippen molar-refractivity contribution in [3.05, 3.63) is 40.2 Å². The third kappa shape index (κ3) is 2.33. The molecule has 6 rings (SSSR count). The summed E-state index contributed by atoms with van der Waals surface area (Å²) >= 11 is 1.56. The van der Waals surface area contributed by atoms with Gasteiger partial charge in [-0.15, -0.1) is 11.3 Å². The second-order valence-electron chi connectivity index (χ2n) is 9.66. The van der Waals surface area contributed by atoms with Gasteiger partial charge < -0.3 is 4.98 Å². The van der Waals surface area contributed by atoms with Crippen molar-refractivity contribution in [1.82, 2.24) is 19.6 Å². The number of H-pyrrole nitrogens is 1. The van der Waals surface area contributed by atoms with E-state index in [1.54, 1.807) is 22.2 Å². The molecule has 2 unspecified atom stereocenters. The van der Waals surface area contributed by atoms with Gasteiger partial charge in [-0.25, -0.2) is 18.3 Å². The number of nitrogens with zero attached hydrogens (tertiary/aromatic N) is 3. The molecule has 1 N–H and O–H groups in total. The van der Waals surface area contributed by atoms with Crippen LogP contribution in [0.25, 0.3) is 27.1 Å². The van der Waals surface area contributed by atoms with Gasteiger partial charge in [-0.1, -0.05) is 26.7 Å². The molecule has 4 aromatic heterocycles. The predicted octanol–water partition coefficient (Wildman–Crippen LogP) is 6.76. The van der Waals surface area contributed by atoms with Gasteiger partial charge in [-0.3, -0.25) is 0 Å². The van der Waals surface area contributed by atoms with E-state index in [1.165, 1.54) is 5.56 Å². The van der Waals surface area contributed by atoms with Gasteiger partial charge in [0.1, 0.15) is 11.2 Å². The van der Waals surface area contributed by atoms with Crippen LogP contribution in [0.3, 0.4) is 0 Å². The molecule has 2 atom stereocenters. The second kappa shape index (κ2) is 6.15. The number of aryl methyl sites for hydroxylation is 2. The molecule has 0 aromatic carbocycles. The van der Waals surface area contributed by atoms with Crippen LogP contribution < -0.4 is 0 Å². The van der Waals surface area contributed by atoms with E-state index >= 15 is 8.78 Å². The van der Waals surface area contributed by atoms with E-state index in [-0.39, 0.29) is 5.92 Å². The Morgan fingerprint density at radius 2 is 2.06 bits per heavy atom. The number of alkyl halides is 2. The van der Waals surface area contributed by atoms with Crippen molar-refractivity contribution in [3.63, 3.8) is 0 Å². The molecule has 162 valence electrons. The average Bonchev–Trinajstić information content (AvgIpc) is 3.22. The molecule has 2 saturated carbocycles. The summed E-state index contributed by atoms with van der Waals surface area (Å²) in [5.41, 5.74) is 5.35. The Hall–Kier alpha value is -2.28. The molecule has 0 radical (unpaired) electrons.